The number of nitrogens with one attached hydrogen (secondary N) is 1. The second-order valence-corrected chi connectivity index (χ2v) is 5.68. The molecule has 118 valence electrons. The summed E-state index contributed by atoms with van der Waals surface area (Å²) >= 11 is 0. The Morgan fingerprint density at radius 2 is 2.09 bits per heavy atom. The van der Waals surface area contributed by atoms with E-state index in [0.29, 0.717) is 12.1 Å². The summed E-state index contributed by atoms with van der Waals surface area (Å²) in [5.41, 5.74) is 0.0159. The maximum atomic E-state index is 13.8. The fraction of sp³-hybridized carbons (Fsp3) is 0.400. The molecule has 22 heavy (non-hydrogen) atoms. The maximum Gasteiger partial charge on any atom is 0.221 e. The van der Waals surface area contributed by atoms with Crippen LogP contribution in [0.5, 0.6) is 0 Å². The van der Waals surface area contributed by atoms with E-state index in [0.717, 1.165) is 6.07 Å². The Morgan fingerprint density at radius 3 is 2.68 bits per heavy atom. The Hall–Kier alpha value is -2.31. The Kier molecular flexibility index (Phi) is 4.54. The van der Waals surface area contributed by atoms with Crippen LogP contribution in [-0.2, 0) is 23.8 Å². The standard InChI is InChI=1S/C15H18F2N4O/c1-15(2,12-6-4-10(16)8-13(12)17)18-14(22)7-5-11-9-21(3)20-19-11/h4,6,8-9H,5,7H2,1-3H3,(H,18,22). The number of aromatic nitrogens is 3. The number of carbonyl (C=O) groups is 1. The summed E-state index contributed by atoms with van der Waals surface area (Å²) in [6, 6.07) is 3.32. The SMILES string of the molecule is Cn1cc(CCC(=O)NC(C)(C)c2ccc(F)cc2F)nn1. The summed E-state index contributed by atoms with van der Waals surface area (Å²) in [5, 5.41) is 10.4. The molecule has 0 spiro atoms. The molecule has 0 saturated heterocycles. The van der Waals surface area contributed by atoms with Gasteiger partial charge in [-0.1, -0.05) is 11.3 Å². The van der Waals surface area contributed by atoms with E-state index in [1.807, 2.05) is 0 Å². The average Bonchev–Trinajstić information content (AvgIpc) is 2.81. The fourth-order valence-electron chi connectivity index (χ4n) is 2.23. The first-order valence-electron chi connectivity index (χ1n) is 6.89. The van der Waals surface area contributed by atoms with Gasteiger partial charge in [0, 0.05) is 37.7 Å². The molecule has 0 saturated carbocycles. The van der Waals surface area contributed by atoms with Crippen LogP contribution in [-0.4, -0.2) is 20.9 Å². The lowest BCUT2D eigenvalue weighted by molar-refractivity contribution is -0.122. The van der Waals surface area contributed by atoms with E-state index >= 15 is 0 Å². The summed E-state index contributed by atoms with van der Waals surface area (Å²) in [7, 11) is 1.75. The minimum absolute atomic E-state index is 0.213. The predicted molar refractivity (Wildman–Crippen MR) is 76.9 cm³/mol. The summed E-state index contributed by atoms with van der Waals surface area (Å²) in [6.07, 6.45) is 2.39. The van der Waals surface area contributed by atoms with Gasteiger partial charge >= 0.3 is 0 Å². The van der Waals surface area contributed by atoms with Crippen molar-refractivity contribution in [1.29, 1.82) is 0 Å². The second-order valence-electron chi connectivity index (χ2n) is 5.68. The van der Waals surface area contributed by atoms with E-state index in [4.69, 9.17) is 0 Å². The van der Waals surface area contributed by atoms with Crippen molar-refractivity contribution in [3.05, 3.63) is 47.3 Å². The summed E-state index contributed by atoms with van der Waals surface area (Å²) in [5.74, 6) is -1.57. The number of nitrogens with zero attached hydrogens (tertiary/aromatic N) is 3. The van der Waals surface area contributed by atoms with Gasteiger partial charge in [0.1, 0.15) is 11.6 Å². The van der Waals surface area contributed by atoms with Crippen molar-refractivity contribution < 1.29 is 13.6 Å². The summed E-state index contributed by atoms with van der Waals surface area (Å²) in [6.45, 7) is 3.34. The molecule has 2 rings (SSSR count). The van der Waals surface area contributed by atoms with Crippen molar-refractivity contribution in [2.45, 2.75) is 32.2 Å². The van der Waals surface area contributed by atoms with E-state index in [-0.39, 0.29) is 17.9 Å². The van der Waals surface area contributed by atoms with Gasteiger partial charge in [-0.15, -0.1) is 5.10 Å². The molecule has 0 aliphatic carbocycles. The third-order valence-corrected chi connectivity index (χ3v) is 3.31. The van der Waals surface area contributed by atoms with Gasteiger partial charge in [0.2, 0.25) is 5.91 Å². The van der Waals surface area contributed by atoms with Crippen LogP contribution in [0, 0.1) is 11.6 Å². The lowest BCUT2D eigenvalue weighted by atomic mass is 9.93. The molecule has 5 nitrogen and oxygen atoms in total. The maximum absolute atomic E-state index is 13.8. The van der Waals surface area contributed by atoms with Crippen LogP contribution >= 0.6 is 0 Å². The van der Waals surface area contributed by atoms with Crippen LogP contribution in [0.3, 0.4) is 0 Å². The van der Waals surface area contributed by atoms with Crippen LogP contribution in [0.1, 0.15) is 31.5 Å². The molecule has 1 N–H and O–H groups in total. The number of benzene rings is 1. The van der Waals surface area contributed by atoms with Crippen molar-refractivity contribution in [3.8, 4) is 0 Å². The van der Waals surface area contributed by atoms with Gasteiger partial charge in [0.15, 0.2) is 0 Å². The van der Waals surface area contributed by atoms with Gasteiger partial charge in [-0.2, -0.15) is 0 Å². The highest BCUT2D eigenvalue weighted by Crippen LogP contribution is 2.23. The number of carbonyl (C=O) groups excluding carboxylic acids is 1. The zero-order valence-electron chi connectivity index (χ0n) is 12.7. The number of amides is 1. The first-order chi connectivity index (χ1) is 10.3. The van der Waals surface area contributed by atoms with E-state index in [1.165, 1.54) is 12.1 Å². The Labute approximate surface area is 127 Å². The molecule has 0 aliphatic heterocycles. The van der Waals surface area contributed by atoms with Gasteiger partial charge in [-0.05, 0) is 19.9 Å². The monoisotopic (exact) mass is 308 g/mol. The molecule has 0 aliphatic rings. The lowest BCUT2D eigenvalue weighted by Gasteiger charge is -2.27. The van der Waals surface area contributed by atoms with Crippen molar-refractivity contribution >= 4 is 5.91 Å². The number of rotatable bonds is 5. The van der Waals surface area contributed by atoms with E-state index in [2.05, 4.69) is 15.6 Å². The molecule has 1 aromatic carbocycles. The number of hydrogen-bond donors (Lipinski definition) is 1. The first kappa shape index (κ1) is 16.1. The highest BCUT2D eigenvalue weighted by Gasteiger charge is 2.26. The molecular weight excluding hydrogens is 290 g/mol. The van der Waals surface area contributed by atoms with Gasteiger partial charge in [0.05, 0.1) is 11.2 Å². The number of halogens is 2. The number of hydrogen-bond acceptors (Lipinski definition) is 3. The Bertz CT molecular complexity index is 682. The lowest BCUT2D eigenvalue weighted by Crippen LogP contribution is -2.41. The largest absolute Gasteiger partial charge is 0.347 e. The molecule has 1 heterocycles. The number of aryl methyl sites for hydroxylation is 2. The fourth-order valence-corrected chi connectivity index (χ4v) is 2.23. The summed E-state index contributed by atoms with van der Waals surface area (Å²) < 4.78 is 28.4. The summed E-state index contributed by atoms with van der Waals surface area (Å²) in [4.78, 5) is 12.0. The van der Waals surface area contributed by atoms with E-state index in [9.17, 15) is 13.6 Å². The minimum Gasteiger partial charge on any atom is -0.347 e. The first-order valence-corrected chi connectivity index (χ1v) is 6.89. The average molecular weight is 308 g/mol. The van der Waals surface area contributed by atoms with Crippen molar-refractivity contribution in [1.82, 2.24) is 20.3 Å². The third-order valence-electron chi connectivity index (χ3n) is 3.31. The van der Waals surface area contributed by atoms with Crippen LogP contribution in [0.15, 0.2) is 24.4 Å². The molecule has 0 radical (unpaired) electrons. The van der Waals surface area contributed by atoms with Crippen molar-refractivity contribution in [2.24, 2.45) is 7.05 Å². The van der Waals surface area contributed by atoms with Gasteiger partial charge in [-0.25, -0.2) is 8.78 Å². The molecular formula is C15H18F2N4O. The van der Waals surface area contributed by atoms with Crippen LogP contribution in [0.4, 0.5) is 8.78 Å². The third kappa shape index (κ3) is 3.87. The topological polar surface area (TPSA) is 59.8 Å². The highest BCUT2D eigenvalue weighted by molar-refractivity contribution is 5.77. The molecule has 1 aromatic heterocycles. The molecule has 0 fully saturated rings. The van der Waals surface area contributed by atoms with Crippen LogP contribution in [0.25, 0.3) is 0 Å². The highest BCUT2D eigenvalue weighted by atomic mass is 19.1. The Morgan fingerprint density at radius 1 is 1.36 bits per heavy atom. The van der Waals surface area contributed by atoms with E-state index in [1.54, 1.807) is 31.8 Å². The van der Waals surface area contributed by atoms with Gasteiger partial charge < -0.3 is 5.32 Å². The molecule has 2 aromatic rings. The molecule has 7 heteroatoms. The van der Waals surface area contributed by atoms with Crippen molar-refractivity contribution in [2.75, 3.05) is 0 Å². The van der Waals surface area contributed by atoms with E-state index < -0.39 is 17.2 Å². The van der Waals surface area contributed by atoms with Gasteiger partial charge in [0.25, 0.3) is 0 Å². The predicted octanol–water partition coefficient (Wildman–Crippen LogP) is 2.08. The molecule has 0 unspecified atom stereocenters. The minimum atomic E-state index is -0.933. The molecule has 0 bridgehead atoms. The molecule has 0 atom stereocenters. The normalized spacial score (nSPS) is 11.5. The zero-order valence-corrected chi connectivity index (χ0v) is 12.7. The Balaban J connectivity index is 1.99. The molecule has 1 amide bonds. The van der Waals surface area contributed by atoms with Gasteiger partial charge in [-0.3, -0.25) is 9.48 Å². The van der Waals surface area contributed by atoms with Crippen LogP contribution in [0.2, 0.25) is 0 Å². The quantitative estimate of drug-likeness (QED) is 0.920. The second kappa shape index (κ2) is 6.21. The smallest absolute Gasteiger partial charge is 0.221 e. The van der Waals surface area contributed by atoms with Crippen molar-refractivity contribution in [3.63, 3.8) is 0 Å². The van der Waals surface area contributed by atoms with Crippen LogP contribution < -0.4 is 5.32 Å². The zero-order chi connectivity index (χ0) is 16.3.